The number of imidazole rings is 1. The standard InChI is InChI=1S/C22H21N3O2/c1-22(2)19(10-8-16-13-23-14-24-16)25(12-11-20(26)27)18-9-7-15-5-3-4-6-17(15)21(18)22/h3-10,13-14H,11-12H2,1-2H3,(H,26,27). The first kappa shape index (κ1) is 17.2. The van der Waals surface area contributed by atoms with E-state index in [0.717, 1.165) is 17.1 Å². The van der Waals surface area contributed by atoms with Crippen molar-refractivity contribution in [1.29, 1.82) is 0 Å². The number of carboxylic acids is 1. The van der Waals surface area contributed by atoms with E-state index in [-0.39, 0.29) is 11.8 Å². The van der Waals surface area contributed by atoms with E-state index in [0.29, 0.717) is 6.54 Å². The smallest absolute Gasteiger partial charge is 0.210 e. The summed E-state index contributed by atoms with van der Waals surface area (Å²) in [6.45, 7) is 4.74. The molecule has 0 saturated heterocycles. The fraction of sp³-hybridized carbons (Fsp3) is 0.227. The van der Waals surface area contributed by atoms with Gasteiger partial charge in [0.2, 0.25) is 5.69 Å². The summed E-state index contributed by atoms with van der Waals surface area (Å²) in [7, 11) is 0. The lowest BCUT2D eigenvalue weighted by Crippen LogP contribution is -2.30. The van der Waals surface area contributed by atoms with Gasteiger partial charge in [-0.3, -0.25) is 0 Å². The van der Waals surface area contributed by atoms with Crippen LogP contribution in [0, 0.1) is 0 Å². The molecule has 0 bridgehead atoms. The van der Waals surface area contributed by atoms with Crippen molar-refractivity contribution in [3.05, 3.63) is 66.3 Å². The van der Waals surface area contributed by atoms with Gasteiger partial charge in [-0.15, -0.1) is 0 Å². The largest absolute Gasteiger partial charge is 0.550 e. The second-order valence-electron chi connectivity index (χ2n) is 7.30. The van der Waals surface area contributed by atoms with Crippen molar-refractivity contribution in [3.63, 3.8) is 0 Å². The van der Waals surface area contributed by atoms with E-state index in [1.807, 2.05) is 18.2 Å². The second kappa shape index (κ2) is 6.50. The summed E-state index contributed by atoms with van der Waals surface area (Å²) < 4.78 is 2.10. The van der Waals surface area contributed by atoms with Gasteiger partial charge >= 0.3 is 0 Å². The van der Waals surface area contributed by atoms with Crippen LogP contribution in [0.25, 0.3) is 16.8 Å². The predicted molar refractivity (Wildman–Crippen MR) is 104 cm³/mol. The van der Waals surface area contributed by atoms with Crippen molar-refractivity contribution in [3.8, 4) is 0 Å². The number of H-pyrrole nitrogens is 1. The molecule has 0 fully saturated rings. The molecule has 0 radical (unpaired) electrons. The highest BCUT2D eigenvalue weighted by Gasteiger charge is 2.45. The molecular weight excluding hydrogens is 338 g/mol. The van der Waals surface area contributed by atoms with Crippen molar-refractivity contribution >= 4 is 34.2 Å². The van der Waals surface area contributed by atoms with Gasteiger partial charge in [-0.25, -0.2) is 4.98 Å². The number of carboxylic acid groups (broad SMARTS) is 1. The van der Waals surface area contributed by atoms with E-state index in [2.05, 4.69) is 58.7 Å². The molecule has 2 aromatic carbocycles. The van der Waals surface area contributed by atoms with Crippen LogP contribution in [0.15, 0.2) is 55.0 Å². The molecule has 0 spiro atoms. The van der Waals surface area contributed by atoms with Crippen LogP contribution in [0.1, 0.15) is 31.5 Å². The number of allylic oxidation sites excluding steroid dienone is 1. The van der Waals surface area contributed by atoms with E-state index in [4.69, 9.17) is 0 Å². The minimum absolute atomic E-state index is 0.0241. The fourth-order valence-electron chi connectivity index (χ4n) is 4.01. The van der Waals surface area contributed by atoms with Gasteiger partial charge in [0.15, 0.2) is 12.3 Å². The number of benzene rings is 2. The first-order valence-electron chi connectivity index (χ1n) is 9.02. The Morgan fingerprint density at radius 1 is 1.22 bits per heavy atom. The summed E-state index contributed by atoms with van der Waals surface area (Å²) in [5.41, 5.74) is 3.98. The predicted octanol–water partition coefficient (Wildman–Crippen LogP) is 2.79. The molecule has 3 aromatic rings. The number of fused-ring (bicyclic) bond motifs is 3. The van der Waals surface area contributed by atoms with Crippen LogP contribution in [0.5, 0.6) is 0 Å². The van der Waals surface area contributed by atoms with Crippen LogP contribution in [0.3, 0.4) is 0 Å². The summed E-state index contributed by atoms with van der Waals surface area (Å²) >= 11 is 0. The molecule has 4 rings (SSSR count). The number of carbonyl (C=O) groups excluding carboxylic acids is 1. The highest BCUT2D eigenvalue weighted by atomic mass is 16.4. The average Bonchev–Trinajstić information content (AvgIpc) is 3.23. The number of aliphatic carboxylic acids is 1. The molecule has 0 amide bonds. The second-order valence-corrected chi connectivity index (χ2v) is 7.30. The Bertz CT molecular complexity index is 1080. The van der Waals surface area contributed by atoms with Crippen LogP contribution < -0.4 is 5.11 Å². The summed E-state index contributed by atoms with van der Waals surface area (Å²) in [6.07, 6.45) is 7.40. The Hall–Kier alpha value is -3.21. The lowest BCUT2D eigenvalue weighted by Gasteiger charge is -2.17. The molecule has 0 atom stereocenters. The minimum atomic E-state index is -1.04. The topological polar surface area (TPSA) is 71.8 Å². The fourth-order valence-corrected chi connectivity index (χ4v) is 4.01. The normalized spacial score (nSPS) is 15.6. The first-order chi connectivity index (χ1) is 13.0. The van der Waals surface area contributed by atoms with Gasteiger partial charge in [0.05, 0.1) is 23.6 Å². The number of nitrogens with one attached hydrogen (secondary N) is 1. The third-order valence-electron chi connectivity index (χ3n) is 5.23. The highest BCUT2D eigenvalue weighted by molar-refractivity contribution is 6.09. The minimum Gasteiger partial charge on any atom is -0.550 e. The lowest BCUT2D eigenvalue weighted by atomic mass is 9.79. The van der Waals surface area contributed by atoms with Gasteiger partial charge < -0.3 is 14.9 Å². The zero-order valence-corrected chi connectivity index (χ0v) is 15.4. The summed E-state index contributed by atoms with van der Waals surface area (Å²) in [6, 6.07) is 12.5. The third-order valence-corrected chi connectivity index (χ3v) is 5.23. The molecule has 27 heavy (non-hydrogen) atoms. The molecule has 1 aromatic heterocycles. The molecule has 0 unspecified atom stereocenters. The van der Waals surface area contributed by atoms with E-state index in [1.165, 1.54) is 16.3 Å². The Balaban J connectivity index is 1.89. The van der Waals surface area contributed by atoms with Crippen molar-refractivity contribution in [1.82, 2.24) is 9.97 Å². The molecule has 5 nitrogen and oxygen atoms in total. The van der Waals surface area contributed by atoms with Gasteiger partial charge in [0, 0.05) is 30.1 Å². The number of aromatic amines is 1. The van der Waals surface area contributed by atoms with E-state index in [1.54, 1.807) is 12.5 Å². The average molecular weight is 359 g/mol. The Kier molecular flexibility index (Phi) is 4.15. The molecule has 1 aliphatic rings. The Morgan fingerprint density at radius 3 is 2.78 bits per heavy atom. The van der Waals surface area contributed by atoms with Gasteiger partial charge in [-0.2, -0.15) is 4.58 Å². The molecule has 5 heteroatoms. The molecule has 1 aliphatic heterocycles. The van der Waals surface area contributed by atoms with Crippen LogP contribution >= 0.6 is 0 Å². The van der Waals surface area contributed by atoms with Crippen molar-refractivity contribution in [2.24, 2.45) is 0 Å². The molecule has 1 N–H and O–H groups in total. The van der Waals surface area contributed by atoms with E-state index in [9.17, 15) is 9.90 Å². The SMILES string of the molecule is CC1(C)C(/C=C/c2cnc[nH]2)=[N+](CCC(=O)[O-])c2ccc3ccccc3c21. The maximum atomic E-state index is 11.1. The van der Waals surface area contributed by atoms with Crippen molar-refractivity contribution in [2.45, 2.75) is 25.7 Å². The van der Waals surface area contributed by atoms with Gasteiger partial charge in [-0.1, -0.05) is 24.3 Å². The monoisotopic (exact) mass is 359 g/mol. The van der Waals surface area contributed by atoms with Crippen molar-refractivity contribution < 1.29 is 14.5 Å². The van der Waals surface area contributed by atoms with Crippen molar-refractivity contribution in [2.75, 3.05) is 6.54 Å². The highest BCUT2D eigenvalue weighted by Crippen LogP contribution is 2.44. The van der Waals surface area contributed by atoms with Crippen LogP contribution in [0.4, 0.5) is 5.69 Å². The third kappa shape index (κ3) is 2.95. The number of hydrogen-bond donors (Lipinski definition) is 1. The van der Waals surface area contributed by atoms with Gasteiger partial charge in [0.1, 0.15) is 0 Å². The number of carbonyl (C=O) groups is 1. The van der Waals surface area contributed by atoms with E-state index < -0.39 is 5.97 Å². The number of hydrogen-bond acceptors (Lipinski definition) is 3. The zero-order valence-electron chi connectivity index (χ0n) is 15.4. The molecule has 0 saturated carbocycles. The quantitative estimate of drug-likeness (QED) is 0.712. The summed E-state index contributed by atoms with van der Waals surface area (Å²) in [4.78, 5) is 18.2. The molecule has 0 aliphatic carbocycles. The molecular formula is C22H21N3O2. The number of nitrogens with zero attached hydrogens (tertiary/aromatic N) is 2. The van der Waals surface area contributed by atoms with Crippen LogP contribution in [0.2, 0.25) is 0 Å². The lowest BCUT2D eigenvalue weighted by molar-refractivity contribution is -0.439. The van der Waals surface area contributed by atoms with Gasteiger partial charge in [-0.05, 0) is 36.8 Å². The zero-order chi connectivity index (χ0) is 19.0. The first-order valence-corrected chi connectivity index (χ1v) is 9.02. The molecule has 136 valence electrons. The van der Waals surface area contributed by atoms with E-state index >= 15 is 0 Å². The molecule has 2 heterocycles. The maximum absolute atomic E-state index is 11.1. The Morgan fingerprint density at radius 2 is 2.04 bits per heavy atom. The van der Waals surface area contributed by atoms with Gasteiger partial charge in [0.25, 0.3) is 0 Å². The number of aromatic nitrogens is 2. The summed E-state index contributed by atoms with van der Waals surface area (Å²) in [5.74, 6) is -1.04. The Labute approximate surface area is 157 Å². The number of rotatable bonds is 5. The van der Waals surface area contributed by atoms with Crippen LogP contribution in [-0.4, -0.2) is 32.8 Å². The maximum Gasteiger partial charge on any atom is 0.210 e. The van der Waals surface area contributed by atoms with Crippen LogP contribution in [-0.2, 0) is 10.2 Å². The summed E-state index contributed by atoms with van der Waals surface area (Å²) in [5, 5.41) is 13.5.